The quantitative estimate of drug-likeness (QED) is 0.506. The number of benzene rings is 3. The van der Waals surface area contributed by atoms with Crippen LogP contribution in [0.3, 0.4) is 0 Å². The summed E-state index contributed by atoms with van der Waals surface area (Å²) in [5.74, 6) is 0.548. The summed E-state index contributed by atoms with van der Waals surface area (Å²) in [5, 5.41) is 6.10. The van der Waals surface area contributed by atoms with E-state index in [0.29, 0.717) is 45.1 Å². The third-order valence-electron chi connectivity index (χ3n) is 5.50. The molecule has 2 N–H and O–H groups in total. The first kappa shape index (κ1) is 20.4. The van der Waals surface area contributed by atoms with Crippen molar-refractivity contribution in [3.63, 3.8) is 0 Å². The summed E-state index contributed by atoms with van der Waals surface area (Å²) in [6.45, 7) is 3.44. The normalized spacial score (nSPS) is 14.8. The second kappa shape index (κ2) is 7.90. The fourth-order valence-corrected chi connectivity index (χ4v) is 3.80. The monoisotopic (exact) mass is 440 g/mol. The summed E-state index contributed by atoms with van der Waals surface area (Å²) in [7, 11) is 0. The van der Waals surface area contributed by atoms with Crippen molar-refractivity contribution in [2.45, 2.75) is 20.0 Å². The maximum absolute atomic E-state index is 13.0. The summed E-state index contributed by atoms with van der Waals surface area (Å²) < 4.78 is 7.06. The van der Waals surface area contributed by atoms with Crippen LogP contribution in [0.4, 0.5) is 11.4 Å². The number of rotatable bonds is 3. The highest BCUT2D eigenvalue weighted by atomic mass is 16.5. The number of aromatic nitrogens is 2. The van der Waals surface area contributed by atoms with Gasteiger partial charge in [0.05, 0.1) is 22.3 Å². The minimum Gasteiger partial charge on any atom is -0.479 e. The van der Waals surface area contributed by atoms with Crippen LogP contribution in [0.15, 0.2) is 71.5 Å². The Kier molecular flexibility index (Phi) is 4.90. The molecule has 2 amide bonds. The van der Waals surface area contributed by atoms with Gasteiger partial charge in [0, 0.05) is 11.3 Å². The van der Waals surface area contributed by atoms with Gasteiger partial charge in [-0.05, 0) is 68.4 Å². The van der Waals surface area contributed by atoms with E-state index in [4.69, 9.17) is 4.74 Å². The van der Waals surface area contributed by atoms with E-state index in [1.54, 1.807) is 74.5 Å². The lowest BCUT2D eigenvalue weighted by Gasteiger charge is -2.23. The van der Waals surface area contributed by atoms with E-state index in [9.17, 15) is 14.4 Å². The molecule has 33 heavy (non-hydrogen) atoms. The van der Waals surface area contributed by atoms with Crippen LogP contribution in [-0.2, 0) is 4.79 Å². The van der Waals surface area contributed by atoms with Crippen molar-refractivity contribution in [1.29, 1.82) is 0 Å². The van der Waals surface area contributed by atoms with Crippen LogP contribution in [0.2, 0.25) is 0 Å². The number of carbonyl (C=O) groups is 2. The molecule has 2 heterocycles. The van der Waals surface area contributed by atoms with Gasteiger partial charge in [-0.15, -0.1) is 0 Å². The van der Waals surface area contributed by atoms with Crippen LogP contribution in [0.25, 0.3) is 16.6 Å². The summed E-state index contributed by atoms with van der Waals surface area (Å²) in [6.07, 6.45) is -0.564. The molecule has 8 heteroatoms. The van der Waals surface area contributed by atoms with Crippen molar-refractivity contribution in [2.75, 3.05) is 10.6 Å². The zero-order valence-electron chi connectivity index (χ0n) is 18.0. The van der Waals surface area contributed by atoms with Crippen molar-refractivity contribution in [1.82, 2.24) is 9.55 Å². The number of para-hydroxylation sites is 1. The lowest BCUT2D eigenvalue weighted by Crippen LogP contribution is -2.34. The number of amides is 2. The SMILES string of the molecule is Cc1nc2ccccc2c(=O)n1-c1ccc(C(=O)Nc2ccc3c(c2)NC(=O)[C@H](C)O3)cc1. The predicted octanol–water partition coefficient (Wildman–Crippen LogP) is 3.67. The maximum Gasteiger partial charge on any atom is 0.265 e. The van der Waals surface area contributed by atoms with Crippen molar-refractivity contribution < 1.29 is 14.3 Å². The van der Waals surface area contributed by atoms with Gasteiger partial charge in [-0.2, -0.15) is 0 Å². The van der Waals surface area contributed by atoms with E-state index < -0.39 is 6.10 Å². The van der Waals surface area contributed by atoms with Gasteiger partial charge in [-0.1, -0.05) is 12.1 Å². The van der Waals surface area contributed by atoms with Gasteiger partial charge in [0.15, 0.2) is 6.10 Å². The molecule has 0 saturated carbocycles. The van der Waals surface area contributed by atoms with Crippen molar-refractivity contribution in [3.05, 3.63) is 88.5 Å². The minimum absolute atomic E-state index is 0.164. The summed E-state index contributed by atoms with van der Waals surface area (Å²) >= 11 is 0. The third-order valence-corrected chi connectivity index (χ3v) is 5.50. The highest BCUT2D eigenvalue weighted by molar-refractivity contribution is 6.05. The van der Waals surface area contributed by atoms with Crippen molar-refractivity contribution >= 4 is 34.1 Å². The molecule has 1 aliphatic heterocycles. The molecule has 0 aliphatic carbocycles. The molecule has 0 fully saturated rings. The zero-order chi connectivity index (χ0) is 23.1. The van der Waals surface area contributed by atoms with Gasteiger partial charge in [-0.25, -0.2) is 4.98 Å². The Morgan fingerprint density at radius 3 is 2.61 bits per heavy atom. The Labute approximate surface area is 188 Å². The van der Waals surface area contributed by atoms with E-state index in [1.165, 1.54) is 4.57 Å². The summed E-state index contributed by atoms with van der Waals surface area (Å²) in [6, 6.07) is 19.0. The number of hydrogen-bond donors (Lipinski definition) is 2. The van der Waals surface area contributed by atoms with Crippen LogP contribution in [-0.4, -0.2) is 27.5 Å². The number of carbonyl (C=O) groups excluding carboxylic acids is 2. The van der Waals surface area contributed by atoms with E-state index >= 15 is 0 Å². The molecule has 0 bridgehead atoms. The second-order valence-corrected chi connectivity index (χ2v) is 7.78. The van der Waals surface area contributed by atoms with Crippen LogP contribution < -0.4 is 20.9 Å². The molecule has 164 valence electrons. The number of aryl methyl sites for hydroxylation is 1. The average Bonchev–Trinajstić information content (AvgIpc) is 2.80. The molecule has 5 rings (SSSR count). The number of fused-ring (bicyclic) bond motifs is 2. The largest absolute Gasteiger partial charge is 0.479 e. The van der Waals surface area contributed by atoms with Gasteiger partial charge >= 0.3 is 0 Å². The van der Waals surface area contributed by atoms with Crippen LogP contribution in [0, 0.1) is 6.92 Å². The van der Waals surface area contributed by atoms with Gasteiger partial charge in [-0.3, -0.25) is 19.0 Å². The van der Waals surface area contributed by atoms with E-state index in [0.717, 1.165) is 0 Å². The number of hydrogen-bond acceptors (Lipinski definition) is 5. The van der Waals surface area contributed by atoms with Crippen LogP contribution in [0.1, 0.15) is 23.1 Å². The molecule has 0 spiro atoms. The lowest BCUT2D eigenvalue weighted by atomic mass is 10.1. The number of ether oxygens (including phenoxy) is 1. The highest BCUT2D eigenvalue weighted by Gasteiger charge is 2.23. The molecule has 1 aliphatic rings. The Morgan fingerprint density at radius 1 is 1.06 bits per heavy atom. The smallest absolute Gasteiger partial charge is 0.265 e. The molecule has 4 aromatic rings. The highest BCUT2D eigenvalue weighted by Crippen LogP contribution is 2.32. The van der Waals surface area contributed by atoms with Gasteiger partial charge < -0.3 is 15.4 Å². The Hall–Kier alpha value is -4.46. The van der Waals surface area contributed by atoms with Gasteiger partial charge in [0.25, 0.3) is 17.4 Å². The minimum atomic E-state index is -0.564. The molecule has 1 aromatic heterocycles. The Balaban J connectivity index is 1.39. The number of nitrogens with zero attached hydrogens (tertiary/aromatic N) is 2. The maximum atomic E-state index is 13.0. The third kappa shape index (κ3) is 3.71. The number of nitrogens with one attached hydrogen (secondary N) is 2. The fraction of sp³-hybridized carbons (Fsp3) is 0.120. The zero-order valence-corrected chi connectivity index (χ0v) is 18.0. The Bertz CT molecular complexity index is 1470. The first-order valence-corrected chi connectivity index (χ1v) is 10.4. The fourth-order valence-electron chi connectivity index (χ4n) is 3.80. The molecule has 0 unspecified atom stereocenters. The van der Waals surface area contributed by atoms with E-state index in [1.807, 2.05) is 6.07 Å². The van der Waals surface area contributed by atoms with Crippen LogP contribution >= 0.6 is 0 Å². The first-order valence-electron chi connectivity index (χ1n) is 10.4. The standard InChI is InChI=1S/C25H20N4O4/c1-14-23(30)28-21-13-17(9-12-22(21)33-14)27-24(31)16-7-10-18(11-8-16)29-15(2)26-20-6-4-3-5-19(20)25(29)32/h3-14H,1-2H3,(H,27,31)(H,28,30)/t14-/m0/s1. The van der Waals surface area contributed by atoms with E-state index in [-0.39, 0.29) is 17.4 Å². The molecule has 0 saturated heterocycles. The summed E-state index contributed by atoms with van der Waals surface area (Å²) in [5.41, 5.74) is 2.55. The molecule has 1 atom stereocenters. The van der Waals surface area contributed by atoms with Gasteiger partial charge in [0.2, 0.25) is 0 Å². The van der Waals surface area contributed by atoms with Crippen molar-refractivity contribution in [2.24, 2.45) is 0 Å². The predicted molar refractivity (Wildman–Crippen MR) is 125 cm³/mol. The second-order valence-electron chi connectivity index (χ2n) is 7.78. The topological polar surface area (TPSA) is 102 Å². The van der Waals surface area contributed by atoms with E-state index in [2.05, 4.69) is 15.6 Å². The molecular formula is C25H20N4O4. The first-order chi connectivity index (χ1) is 15.9. The van der Waals surface area contributed by atoms with Gasteiger partial charge in [0.1, 0.15) is 11.6 Å². The molecule has 3 aromatic carbocycles. The molecule has 8 nitrogen and oxygen atoms in total. The Morgan fingerprint density at radius 2 is 1.82 bits per heavy atom. The van der Waals surface area contributed by atoms with Crippen LogP contribution in [0.5, 0.6) is 5.75 Å². The summed E-state index contributed by atoms with van der Waals surface area (Å²) in [4.78, 5) is 42.1. The lowest BCUT2D eigenvalue weighted by molar-refractivity contribution is -0.122. The molecular weight excluding hydrogens is 420 g/mol. The average molecular weight is 440 g/mol. The van der Waals surface area contributed by atoms with Crippen molar-refractivity contribution in [3.8, 4) is 11.4 Å². The number of anilines is 2. The molecule has 0 radical (unpaired) electrons.